The third-order valence-corrected chi connectivity index (χ3v) is 10.4. The fourth-order valence-corrected chi connectivity index (χ4v) is 8.08. The standard InChI is InChI=1S/C27H33N3O2S2/c1-19-16-29(17-19)34(32)22-5-3-4-20(14-22)25(31)30-18-27(12-10-26(8-9-26)11-13-27)23-15-21(28-33-2)6-7-24(23)30/h3-7,14-15,19,28H,8-13,16-18H2,1-2H3. The van der Waals surface area contributed by atoms with E-state index >= 15 is 0 Å². The first-order chi connectivity index (χ1) is 16.4. The highest BCUT2D eigenvalue weighted by Gasteiger charge is 2.53. The molecule has 2 spiro atoms. The second-order valence-electron chi connectivity index (χ2n) is 10.9. The molecule has 1 saturated heterocycles. The number of anilines is 2. The van der Waals surface area contributed by atoms with Gasteiger partial charge in [0.25, 0.3) is 5.91 Å². The van der Waals surface area contributed by atoms with Crippen molar-refractivity contribution in [2.24, 2.45) is 11.3 Å². The maximum atomic E-state index is 13.9. The summed E-state index contributed by atoms with van der Waals surface area (Å²) in [7, 11) is -1.20. The van der Waals surface area contributed by atoms with Crippen molar-refractivity contribution < 1.29 is 9.00 Å². The van der Waals surface area contributed by atoms with E-state index in [1.807, 2.05) is 39.7 Å². The van der Waals surface area contributed by atoms with Crippen molar-refractivity contribution in [3.63, 3.8) is 0 Å². The Hall–Kier alpha value is -1.83. The lowest BCUT2D eigenvalue weighted by Crippen LogP contribution is -2.45. The molecule has 34 heavy (non-hydrogen) atoms. The number of amides is 1. The summed E-state index contributed by atoms with van der Waals surface area (Å²) in [5.41, 5.74) is 4.75. The normalized spacial score (nSPS) is 23.5. The third kappa shape index (κ3) is 3.80. The average molecular weight is 496 g/mol. The van der Waals surface area contributed by atoms with E-state index in [1.54, 1.807) is 11.9 Å². The Kier molecular flexibility index (Phi) is 5.58. The zero-order valence-corrected chi connectivity index (χ0v) is 21.6. The summed E-state index contributed by atoms with van der Waals surface area (Å²) in [4.78, 5) is 16.6. The topological polar surface area (TPSA) is 52.7 Å². The third-order valence-electron chi connectivity index (χ3n) is 8.56. The van der Waals surface area contributed by atoms with Crippen LogP contribution in [0.15, 0.2) is 47.4 Å². The van der Waals surface area contributed by atoms with Crippen LogP contribution in [0, 0.1) is 11.3 Å². The average Bonchev–Trinajstić information content (AvgIpc) is 3.53. The molecule has 1 unspecified atom stereocenters. The number of nitrogens with one attached hydrogen (secondary N) is 1. The first kappa shape index (κ1) is 22.6. The van der Waals surface area contributed by atoms with E-state index < -0.39 is 11.0 Å². The summed E-state index contributed by atoms with van der Waals surface area (Å²) < 4.78 is 18.3. The molecule has 7 heteroatoms. The highest BCUT2D eigenvalue weighted by atomic mass is 32.2. The van der Waals surface area contributed by atoms with Gasteiger partial charge in [-0.3, -0.25) is 4.79 Å². The van der Waals surface area contributed by atoms with Crippen LogP contribution in [0.4, 0.5) is 11.4 Å². The van der Waals surface area contributed by atoms with Crippen LogP contribution >= 0.6 is 11.9 Å². The molecule has 1 atom stereocenters. The van der Waals surface area contributed by atoms with Gasteiger partial charge in [0, 0.05) is 48.2 Å². The number of carbonyl (C=O) groups excluding carboxylic acids is 1. The summed E-state index contributed by atoms with van der Waals surface area (Å²) in [6.45, 7) is 4.61. The monoisotopic (exact) mass is 495 g/mol. The number of hydrogen-bond donors (Lipinski definition) is 1. The molecule has 2 aromatic rings. The minimum absolute atomic E-state index is 0.0197. The van der Waals surface area contributed by atoms with Crippen LogP contribution in [-0.4, -0.2) is 40.3 Å². The van der Waals surface area contributed by atoms with Gasteiger partial charge in [0.2, 0.25) is 0 Å². The fraction of sp³-hybridized carbons (Fsp3) is 0.519. The lowest BCUT2D eigenvalue weighted by Gasteiger charge is -2.38. The molecule has 2 aromatic carbocycles. The van der Waals surface area contributed by atoms with Crippen molar-refractivity contribution >= 4 is 40.2 Å². The van der Waals surface area contributed by atoms with Gasteiger partial charge in [-0.05, 0) is 91.8 Å². The molecule has 2 aliphatic carbocycles. The second-order valence-corrected chi connectivity index (χ2v) is 13.0. The zero-order valence-electron chi connectivity index (χ0n) is 20.0. The largest absolute Gasteiger partial charge is 0.330 e. The molecule has 5 nitrogen and oxygen atoms in total. The van der Waals surface area contributed by atoms with E-state index in [0.717, 1.165) is 48.7 Å². The van der Waals surface area contributed by atoms with Crippen molar-refractivity contribution in [2.75, 3.05) is 35.5 Å². The van der Waals surface area contributed by atoms with Crippen LogP contribution in [0.3, 0.4) is 0 Å². The molecular weight excluding hydrogens is 462 g/mol. The first-order valence-electron chi connectivity index (χ1n) is 12.4. The van der Waals surface area contributed by atoms with E-state index in [4.69, 9.17) is 0 Å². The molecular formula is C27H33N3O2S2. The van der Waals surface area contributed by atoms with Crippen molar-refractivity contribution in [1.82, 2.24) is 4.31 Å². The van der Waals surface area contributed by atoms with Crippen LogP contribution in [0.1, 0.15) is 61.4 Å². The van der Waals surface area contributed by atoms with Gasteiger partial charge in [0.15, 0.2) is 0 Å². The van der Waals surface area contributed by atoms with Crippen LogP contribution in [0.5, 0.6) is 0 Å². The number of carbonyl (C=O) groups is 1. The highest BCUT2D eigenvalue weighted by Crippen LogP contribution is 2.62. The van der Waals surface area contributed by atoms with Crippen molar-refractivity contribution in [3.8, 4) is 0 Å². The summed E-state index contributed by atoms with van der Waals surface area (Å²) in [6.07, 6.45) is 9.66. The summed E-state index contributed by atoms with van der Waals surface area (Å²) >= 11 is 1.60. The first-order valence-corrected chi connectivity index (χ1v) is 14.8. The molecule has 180 valence electrons. The zero-order chi connectivity index (χ0) is 23.5. The van der Waals surface area contributed by atoms with Gasteiger partial charge in [0.05, 0.1) is 4.90 Å². The molecule has 4 aliphatic rings. The molecule has 0 bridgehead atoms. The summed E-state index contributed by atoms with van der Waals surface area (Å²) in [6, 6.07) is 13.9. The second kappa shape index (κ2) is 8.38. The Bertz CT molecular complexity index is 1150. The molecule has 0 radical (unpaired) electrons. The molecule has 1 N–H and O–H groups in total. The quantitative estimate of drug-likeness (QED) is 0.549. The Morgan fingerprint density at radius 3 is 2.47 bits per heavy atom. The lowest BCUT2D eigenvalue weighted by atomic mass is 9.66. The number of nitrogens with zero attached hydrogens (tertiary/aromatic N) is 2. The maximum Gasteiger partial charge on any atom is 0.258 e. The summed E-state index contributed by atoms with van der Waals surface area (Å²) in [5, 5.41) is 0. The number of hydrogen-bond acceptors (Lipinski definition) is 4. The molecule has 2 saturated carbocycles. The van der Waals surface area contributed by atoms with E-state index in [2.05, 4.69) is 29.8 Å². The van der Waals surface area contributed by atoms with Crippen LogP contribution in [0.25, 0.3) is 0 Å². The number of fused-ring (bicyclic) bond motifs is 2. The Morgan fingerprint density at radius 1 is 1.06 bits per heavy atom. The van der Waals surface area contributed by atoms with E-state index in [9.17, 15) is 9.00 Å². The Balaban J connectivity index is 1.31. The SMILES string of the molecule is CSNc1ccc2c(c1)C1(CCC3(CC3)CC1)CN2C(=O)c1cccc(S(=O)N2CC(C)C2)c1. The van der Waals surface area contributed by atoms with Crippen LogP contribution < -0.4 is 9.62 Å². The van der Waals surface area contributed by atoms with Crippen LogP contribution in [0.2, 0.25) is 0 Å². The predicted molar refractivity (Wildman–Crippen MR) is 141 cm³/mol. The summed E-state index contributed by atoms with van der Waals surface area (Å²) in [5.74, 6) is 0.605. The van der Waals surface area contributed by atoms with Gasteiger partial charge < -0.3 is 9.62 Å². The van der Waals surface area contributed by atoms with Gasteiger partial charge in [-0.1, -0.05) is 24.9 Å². The van der Waals surface area contributed by atoms with Gasteiger partial charge in [0.1, 0.15) is 11.0 Å². The van der Waals surface area contributed by atoms with Gasteiger partial charge in [-0.15, -0.1) is 0 Å². The number of rotatable bonds is 5. The maximum absolute atomic E-state index is 13.9. The van der Waals surface area contributed by atoms with Gasteiger partial charge in [-0.2, -0.15) is 0 Å². The molecule has 6 rings (SSSR count). The van der Waals surface area contributed by atoms with E-state index in [0.29, 0.717) is 16.9 Å². The smallest absolute Gasteiger partial charge is 0.258 e. The molecule has 2 heterocycles. The lowest BCUT2D eigenvalue weighted by molar-refractivity contribution is 0.0980. The Labute approximate surface area is 209 Å². The van der Waals surface area contributed by atoms with Crippen molar-refractivity contribution in [2.45, 2.75) is 55.8 Å². The van der Waals surface area contributed by atoms with Gasteiger partial charge >= 0.3 is 0 Å². The molecule has 3 fully saturated rings. The van der Waals surface area contributed by atoms with Crippen LogP contribution in [-0.2, 0) is 16.4 Å². The van der Waals surface area contributed by atoms with E-state index in [1.165, 1.54) is 31.2 Å². The van der Waals surface area contributed by atoms with E-state index in [-0.39, 0.29) is 11.3 Å². The van der Waals surface area contributed by atoms with Crippen molar-refractivity contribution in [1.29, 1.82) is 0 Å². The van der Waals surface area contributed by atoms with Gasteiger partial charge in [-0.25, -0.2) is 8.51 Å². The highest BCUT2D eigenvalue weighted by molar-refractivity contribution is 7.99. The van der Waals surface area contributed by atoms with Crippen molar-refractivity contribution in [3.05, 3.63) is 53.6 Å². The predicted octanol–water partition coefficient (Wildman–Crippen LogP) is 5.60. The number of benzene rings is 2. The minimum atomic E-state index is -1.20. The molecule has 2 aliphatic heterocycles. The minimum Gasteiger partial charge on any atom is -0.330 e. The fourth-order valence-electron chi connectivity index (χ4n) is 6.21. The Morgan fingerprint density at radius 2 is 1.79 bits per heavy atom. The molecule has 1 amide bonds. The molecule has 0 aromatic heterocycles.